The molecule has 3 amide bonds. The molecule has 2 aliphatic heterocycles. The SMILES string of the molecule is COc1cccc(CN(C(=O)C2=CCC3CN(C(=O)O)CC2N3C(=O)O)C2CC2)c1C. The Morgan fingerprint density at radius 1 is 1.16 bits per heavy atom. The molecular weight excluding hydrogens is 402 g/mol. The van der Waals surface area contributed by atoms with Crippen molar-refractivity contribution < 1.29 is 29.3 Å². The number of benzene rings is 1. The Bertz CT molecular complexity index is 941. The van der Waals surface area contributed by atoms with E-state index in [0.29, 0.717) is 18.5 Å². The quantitative estimate of drug-likeness (QED) is 0.744. The van der Waals surface area contributed by atoms with Crippen LogP contribution in [0.5, 0.6) is 5.75 Å². The molecule has 31 heavy (non-hydrogen) atoms. The van der Waals surface area contributed by atoms with Crippen molar-refractivity contribution in [2.75, 3.05) is 20.2 Å². The summed E-state index contributed by atoms with van der Waals surface area (Å²) in [5, 5.41) is 19.2. The number of piperazine rings is 1. The fourth-order valence-corrected chi connectivity index (χ4v) is 4.63. The van der Waals surface area contributed by atoms with E-state index < -0.39 is 24.3 Å². The molecule has 1 aromatic carbocycles. The number of methoxy groups -OCH3 is 1. The van der Waals surface area contributed by atoms with Crippen LogP contribution in [0.15, 0.2) is 29.8 Å². The fraction of sp³-hybridized carbons (Fsp3) is 0.500. The molecule has 0 aromatic heterocycles. The summed E-state index contributed by atoms with van der Waals surface area (Å²) >= 11 is 0. The zero-order chi connectivity index (χ0) is 22.3. The van der Waals surface area contributed by atoms with Gasteiger partial charge in [0.05, 0.1) is 19.2 Å². The second kappa shape index (κ2) is 8.13. The Hall–Kier alpha value is -3.23. The molecule has 1 saturated heterocycles. The number of carbonyl (C=O) groups excluding carboxylic acids is 1. The molecule has 3 aliphatic rings. The second-order valence-corrected chi connectivity index (χ2v) is 8.35. The molecule has 2 unspecified atom stereocenters. The Morgan fingerprint density at radius 2 is 1.90 bits per heavy atom. The maximum absolute atomic E-state index is 13.6. The van der Waals surface area contributed by atoms with E-state index in [2.05, 4.69) is 0 Å². The van der Waals surface area contributed by atoms with E-state index >= 15 is 0 Å². The van der Waals surface area contributed by atoms with Gasteiger partial charge in [-0.1, -0.05) is 18.2 Å². The van der Waals surface area contributed by atoms with Crippen LogP contribution in [0.25, 0.3) is 0 Å². The predicted molar refractivity (Wildman–Crippen MR) is 111 cm³/mol. The average molecular weight is 429 g/mol. The highest BCUT2D eigenvalue weighted by Gasteiger charge is 2.46. The zero-order valence-electron chi connectivity index (χ0n) is 17.7. The van der Waals surface area contributed by atoms with Crippen LogP contribution in [-0.2, 0) is 11.3 Å². The topological polar surface area (TPSA) is 111 Å². The fourth-order valence-electron chi connectivity index (χ4n) is 4.63. The summed E-state index contributed by atoms with van der Waals surface area (Å²) in [6.45, 7) is 2.43. The standard InChI is InChI=1S/C22H27N3O6/c1-13-14(4-3-5-19(13)31-2)10-24(15-6-7-15)20(26)17-9-8-16-11-23(21(27)28)12-18(17)25(16)22(29)30/h3-5,9,15-16,18H,6-8,10-12H2,1-2H3,(H,27,28)(H,29,30). The highest BCUT2D eigenvalue weighted by Crippen LogP contribution is 2.35. The summed E-state index contributed by atoms with van der Waals surface area (Å²) < 4.78 is 5.40. The lowest BCUT2D eigenvalue weighted by Gasteiger charge is -2.47. The summed E-state index contributed by atoms with van der Waals surface area (Å²) in [6, 6.07) is 4.56. The first-order valence-corrected chi connectivity index (χ1v) is 10.4. The van der Waals surface area contributed by atoms with E-state index in [1.807, 2.05) is 31.2 Å². The van der Waals surface area contributed by atoms with Crippen molar-refractivity contribution in [1.82, 2.24) is 14.7 Å². The molecule has 1 aliphatic carbocycles. The first-order chi connectivity index (χ1) is 14.8. The van der Waals surface area contributed by atoms with Gasteiger partial charge in [0.2, 0.25) is 0 Å². The van der Waals surface area contributed by atoms with Gasteiger partial charge in [-0.05, 0) is 43.4 Å². The van der Waals surface area contributed by atoms with Crippen molar-refractivity contribution >= 4 is 18.1 Å². The normalized spacial score (nSPS) is 22.6. The van der Waals surface area contributed by atoms with E-state index in [-0.39, 0.29) is 25.0 Å². The van der Waals surface area contributed by atoms with Gasteiger partial charge < -0.3 is 24.7 Å². The summed E-state index contributed by atoms with van der Waals surface area (Å²) in [4.78, 5) is 41.4. The van der Waals surface area contributed by atoms with Crippen LogP contribution >= 0.6 is 0 Å². The van der Waals surface area contributed by atoms with Crippen LogP contribution in [0, 0.1) is 6.92 Å². The maximum Gasteiger partial charge on any atom is 0.408 e. The second-order valence-electron chi connectivity index (χ2n) is 8.35. The van der Waals surface area contributed by atoms with Crippen molar-refractivity contribution in [3.63, 3.8) is 0 Å². The van der Waals surface area contributed by atoms with Crippen LogP contribution in [0.2, 0.25) is 0 Å². The first kappa shape index (κ1) is 21.0. The summed E-state index contributed by atoms with van der Waals surface area (Å²) in [5.41, 5.74) is 2.31. The third-order valence-corrected chi connectivity index (χ3v) is 6.47. The van der Waals surface area contributed by atoms with E-state index in [4.69, 9.17) is 4.74 Å². The lowest BCUT2D eigenvalue weighted by atomic mass is 9.90. The monoisotopic (exact) mass is 429 g/mol. The van der Waals surface area contributed by atoms with E-state index in [1.54, 1.807) is 12.0 Å². The number of amides is 3. The van der Waals surface area contributed by atoms with Crippen LogP contribution in [-0.4, -0.2) is 81.3 Å². The number of ether oxygens (including phenoxy) is 1. The Morgan fingerprint density at radius 3 is 2.52 bits per heavy atom. The molecule has 166 valence electrons. The summed E-state index contributed by atoms with van der Waals surface area (Å²) in [6.07, 6.45) is 1.72. The highest BCUT2D eigenvalue weighted by atomic mass is 16.5. The summed E-state index contributed by atoms with van der Waals surface area (Å²) in [7, 11) is 1.61. The molecule has 9 heteroatoms. The van der Waals surface area contributed by atoms with Crippen molar-refractivity contribution in [2.45, 2.75) is 50.9 Å². The van der Waals surface area contributed by atoms with Gasteiger partial charge in [-0.25, -0.2) is 9.59 Å². The van der Waals surface area contributed by atoms with Crippen LogP contribution in [0.4, 0.5) is 9.59 Å². The van der Waals surface area contributed by atoms with Crippen molar-refractivity contribution in [3.05, 3.63) is 41.0 Å². The minimum absolute atomic E-state index is 0.0353. The van der Waals surface area contributed by atoms with Gasteiger partial charge in [-0.2, -0.15) is 0 Å². The minimum atomic E-state index is -1.12. The molecule has 1 saturated carbocycles. The molecular formula is C22H27N3O6. The van der Waals surface area contributed by atoms with Gasteiger partial charge in [-0.15, -0.1) is 0 Å². The van der Waals surface area contributed by atoms with Gasteiger partial charge in [-0.3, -0.25) is 9.69 Å². The summed E-state index contributed by atoms with van der Waals surface area (Å²) in [5.74, 6) is 0.536. The first-order valence-electron chi connectivity index (χ1n) is 10.4. The van der Waals surface area contributed by atoms with Crippen LogP contribution < -0.4 is 4.74 Å². The zero-order valence-corrected chi connectivity index (χ0v) is 17.7. The molecule has 2 atom stereocenters. The molecule has 2 fully saturated rings. The average Bonchev–Trinajstić information content (AvgIpc) is 3.56. The van der Waals surface area contributed by atoms with Crippen molar-refractivity contribution in [3.8, 4) is 5.75 Å². The molecule has 2 heterocycles. The number of rotatable bonds is 5. The number of carbonyl (C=O) groups is 3. The lowest BCUT2D eigenvalue weighted by Crippen LogP contribution is -2.64. The maximum atomic E-state index is 13.6. The number of hydrogen-bond acceptors (Lipinski definition) is 4. The molecule has 4 rings (SSSR count). The molecule has 0 radical (unpaired) electrons. The van der Waals surface area contributed by atoms with E-state index in [1.165, 1.54) is 9.80 Å². The van der Waals surface area contributed by atoms with Gasteiger partial charge in [0.15, 0.2) is 0 Å². The van der Waals surface area contributed by atoms with Crippen LogP contribution in [0.1, 0.15) is 30.4 Å². The van der Waals surface area contributed by atoms with E-state index in [0.717, 1.165) is 29.7 Å². The Labute approximate surface area is 180 Å². The lowest BCUT2D eigenvalue weighted by molar-refractivity contribution is -0.129. The smallest absolute Gasteiger partial charge is 0.408 e. The van der Waals surface area contributed by atoms with Gasteiger partial charge >= 0.3 is 12.2 Å². The number of hydrogen-bond donors (Lipinski definition) is 2. The van der Waals surface area contributed by atoms with Crippen LogP contribution in [0.3, 0.4) is 0 Å². The van der Waals surface area contributed by atoms with E-state index in [9.17, 15) is 24.6 Å². The van der Waals surface area contributed by atoms with Gasteiger partial charge in [0.25, 0.3) is 5.91 Å². The molecule has 1 aromatic rings. The Kier molecular flexibility index (Phi) is 5.51. The van der Waals surface area contributed by atoms with Crippen molar-refractivity contribution in [1.29, 1.82) is 0 Å². The van der Waals surface area contributed by atoms with Gasteiger partial charge in [0.1, 0.15) is 5.75 Å². The van der Waals surface area contributed by atoms with Crippen molar-refractivity contribution in [2.24, 2.45) is 0 Å². The number of nitrogens with zero attached hydrogens (tertiary/aromatic N) is 3. The minimum Gasteiger partial charge on any atom is -0.496 e. The Balaban J connectivity index is 1.63. The molecule has 0 spiro atoms. The molecule has 2 bridgehead atoms. The third-order valence-electron chi connectivity index (χ3n) is 6.47. The predicted octanol–water partition coefficient (Wildman–Crippen LogP) is 2.54. The third kappa shape index (κ3) is 3.92. The molecule has 2 N–H and O–H groups in total. The largest absolute Gasteiger partial charge is 0.496 e. The highest BCUT2D eigenvalue weighted by molar-refractivity contribution is 5.96. The number of carboxylic acid groups (broad SMARTS) is 2. The van der Waals surface area contributed by atoms with Gasteiger partial charge in [0, 0.05) is 31.2 Å². The molecule has 9 nitrogen and oxygen atoms in total. The number of fused-ring (bicyclic) bond motifs is 2.